The normalized spacial score (nSPS) is 18.4. The molecule has 1 heterocycles. The van der Waals surface area contributed by atoms with Gasteiger partial charge in [0.25, 0.3) is 0 Å². The lowest BCUT2D eigenvalue weighted by Crippen LogP contribution is -2.20. The van der Waals surface area contributed by atoms with E-state index in [1.165, 1.54) is 28.6 Å². The number of halogens is 1. The molecule has 1 aliphatic carbocycles. The van der Waals surface area contributed by atoms with Gasteiger partial charge >= 0.3 is 0 Å². The van der Waals surface area contributed by atoms with Gasteiger partial charge in [-0.05, 0) is 46.3 Å². The van der Waals surface area contributed by atoms with Crippen molar-refractivity contribution in [3.8, 4) is 0 Å². The third kappa shape index (κ3) is 2.59. The monoisotopic (exact) mass is 273 g/mol. The number of hydrogen-bond donors (Lipinski definition) is 1. The minimum atomic E-state index is 0.571. The average molecular weight is 274 g/mol. The molecule has 0 aromatic carbocycles. The predicted octanol–water partition coefficient (Wildman–Crippen LogP) is 3.96. The van der Waals surface area contributed by atoms with Crippen LogP contribution in [-0.4, -0.2) is 6.54 Å². The molecule has 1 fully saturated rings. The first kappa shape index (κ1) is 10.7. The molecule has 0 bridgehead atoms. The molecule has 1 unspecified atom stereocenters. The number of hydrogen-bond acceptors (Lipinski definition) is 2. The maximum Gasteiger partial charge on any atom is 0.0428 e. The minimum absolute atomic E-state index is 0.571. The molecule has 0 amide bonds. The van der Waals surface area contributed by atoms with E-state index in [4.69, 9.17) is 0 Å². The van der Waals surface area contributed by atoms with Crippen LogP contribution in [0.15, 0.2) is 15.9 Å². The fourth-order valence-corrected chi connectivity index (χ4v) is 3.51. The zero-order valence-corrected chi connectivity index (χ0v) is 10.8. The largest absolute Gasteiger partial charge is 0.309 e. The van der Waals surface area contributed by atoms with Crippen molar-refractivity contribution < 1.29 is 0 Å². The van der Waals surface area contributed by atoms with Gasteiger partial charge in [-0.15, -0.1) is 11.3 Å². The van der Waals surface area contributed by atoms with E-state index in [1.807, 2.05) is 11.3 Å². The molecule has 1 aliphatic rings. The number of thiophene rings is 1. The zero-order chi connectivity index (χ0) is 9.97. The van der Waals surface area contributed by atoms with Gasteiger partial charge in [0.1, 0.15) is 0 Å². The lowest BCUT2D eigenvalue weighted by atomic mass is 10.1. The lowest BCUT2D eigenvalue weighted by molar-refractivity contribution is 0.492. The minimum Gasteiger partial charge on any atom is -0.309 e. The highest BCUT2D eigenvalue weighted by Gasteiger charge is 2.27. The number of rotatable bonds is 5. The molecule has 1 aromatic heterocycles. The van der Waals surface area contributed by atoms with Gasteiger partial charge in [0.15, 0.2) is 0 Å². The maximum atomic E-state index is 3.62. The van der Waals surface area contributed by atoms with Gasteiger partial charge in [0, 0.05) is 15.4 Å². The van der Waals surface area contributed by atoms with Gasteiger partial charge in [0.05, 0.1) is 0 Å². The smallest absolute Gasteiger partial charge is 0.0428 e. The summed E-state index contributed by atoms with van der Waals surface area (Å²) in [6.07, 6.45) is 4.18. The van der Waals surface area contributed by atoms with E-state index >= 15 is 0 Å². The summed E-state index contributed by atoms with van der Waals surface area (Å²) in [5.74, 6) is 0.980. The van der Waals surface area contributed by atoms with E-state index in [2.05, 4.69) is 39.6 Å². The molecule has 1 N–H and O–H groups in total. The Kier molecular flexibility index (Phi) is 3.63. The van der Waals surface area contributed by atoms with Gasteiger partial charge in [0.2, 0.25) is 0 Å². The SMILES string of the molecule is CCNC(CC1CC1)c1sccc1Br. The third-order valence-corrected chi connectivity index (χ3v) is 4.66. The van der Waals surface area contributed by atoms with Gasteiger partial charge in [-0.25, -0.2) is 0 Å². The summed E-state index contributed by atoms with van der Waals surface area (Å²) < 4.78 is 1.27. The van der Waals surface area contributed by atoms with Crippen LogP contribution < -0.4 is 5.32 Å². The molecule has 0 spiro atoms. The van der Waals surface area contributed by atoms with Crippen LogP contribution in [0.2, 0.25) is 0 Å². The fourth-order valence-electron chi connectivity index (χ4n) is 1.77. The Balaban J connectivity index is 2.04. The van der Waals surface area contributed by atoms with Crippen LogP contribution >= 0.6 is 27.3 Å². The van der Waals surface area contributed by atoms with Crippen LogP contribution in [0.3, 0.4) is 0 Å². The molecule has 0 radical (unpaired) electrons. The molecular weight excluding hydrogens is 258 g/mol. The molecule has 0 saturated heterocycles. The molecule has 14 heavy (non-hydrogen) atoms. The Morgan fingerprint density at radius 1 is 1.64 bits per heavy atom. The van der Waals surface area contributed by atoms with Crippen molar-refractivity contribution in [1.29, 1.82) is 0 Å². The van der Waals surface area contributed by atoms with Crippen molar-refractivity contribution >= 4 is 27.3 Å². The summed E-state index contributed by atoms with van der Waals surface area (Å²) in [6, 6.07) is 2.72. The molecule has 1 aromatic rings. The van der Waals surface area contributed by atoms with Crippen molar-refractivity contribution in [3.63, 3.8) is 0 Å². The van der Waals surface area contributed by atoms with Crippen LogP contribution in [0.4, 0.5) is 0 Å². The second kappa shape index (κ2) is 4.77. The second-order valence-corrected chi connectivity index (χ2v) is 5.72. The zero-order valence-electron chi connectivity index (χ0n) is 8.42. The highest BCUT2D eigenvalue weighted by molar-refractivity contribution is 9.10. The van der Waals surface area contributed by atoms with E-state index in [0.29, 0.717) is 6.04 Å². The van der Waals surface area contributed by atoms with Crippen molar-refractivity contribution in [2.24, 2.45) is 5.92 Å². The molecule has 1 saturated carbocycles. The summed E-state index contributed by atoms with van der Waals surface area (Å²) >= 11 is 5.48. The first-order valence-corrected chi connectivity index (χ1v) is 6.94. The van der Waals surface area contributed by atoms with Crippen LogP contribution in [0.1, 0.15) is 37.1 Å². The Morgan fingerprint density at radius 3 is 2.93 bits per heavy atom. The van der Waals surface area contributed by atoms with Crippen molar-refractivity contribution in [1.82, 2.24) is 5.32 Å². The fraction of sp³-hybridized carbons (Fsp3) is 0.636. The molecular formula is C11H16BrNS. The summed E-state index contributed by atoms with van der Waals surface area (Å²) in [6.45, 7) is 3.24. The van der Waals surface area contributed by atoms with Gasteiger partial charge in [-0.1, -0.05) is 19.8 Å². The predicted molar refractivity (Wildman–Crippen MR) is 65.8 cm³/mol. The van der Waals surface area contributed by atoms with Crippen LogP contribution in [0.5, 0.6) is 0 Å². The summed E-state index contributed by atoms with van der Waals surface area (Å²) in [5, 5.41) is 5.74. The molecule has 1 atom stereocenters. The third-order valence-electron chi connectivity index (χ3n) is 2.68. The van der Waals surface area contributed by atoms with E-state index in [1.54, 1.807) is 0 Å². The van der Waals surface area contributed by atoms with Gasteiger partial charge in [-0.3, -0.25) is 0 Å². The highest BCUT2D eigenvalue weighted by atomic mass is 79.9. The maximum absolute atomic E-state index is 3.62. The van der Waals surface area contributed by atoms with Crippen molar-refractivity contribution in [2.45, 2.75) is 32.2 Å². The Bertz CT molecular complexity index is 293. The molecule has 2 rings (SSSR count). The lowest BCUT2D eigenvalue weighted by Gasteiger charge is -2.16. The van der Waals surface area contributed by atoms with Crippen molar-refractivity contribution in [2.75, 3.05) is 6.54 Å². The van der Waals surface area contributed by atoms with Crippen LogP contribution in [0.25, 0.3) is 0 Å². The quantitative estimate of drug-likeness (QED) is 0.857. The van der Waals surface area contributed by atoms with Gasteiger partial charge < -0.3 is 5.32 Å². The summed E-state index contributed by atoms with van der Waals surface area (Å²) in [7, 11) is 0. The number of nitrogens with one attached hydrogen (secondary N) is 1. The average Bonchev–Trinajstić information content (AvgIpc) is 2.87. The second-order valence-electron chi connectivity index (χ2n) is 3.92. The molecule has 78 valence electrons. The summed E-state index contributed by atoms with van der Waals surface area (Å²) in [4.78, 5) is 1.47. The van der Waals surface area contributed by atoms with E-state index in [-0.39, 0.29) is 0 Å². The van der Waals surface area contributed by atoms with Crippen LogP contribution in [-0.2, 0) is 0 Å². The Hall–Kier alpha value is 0.140. The van der Waals surface area contributed by atoms with E-state index in [0.717, 1.165) is 12.5 Å². The molecule has 1 nitrogen and oxygen atoms in total. The van der Waals surface area contributed by atoms with E-state index in [9.17, 15) is 0 Å². The Morgan fingerprint density at radius 2 is 2.43 bits per heavy atom. The molecule has 3 heteroatoms. The van der Waals surface area contributed by atoms with Crippen LogP contribution in [0, 0.1) is 5.92 Å². The first-order valence-electron chi connectivity index (χ1n) is 5.27. The molecule has 0 aliphatic heterocycles. The topological polar surface area (TPSA) is 12.0 Å². The van der Waals surface area contributed by atoms with Crippen molar-refractivity contribution in [3.05, 3.63) is 20.8 Å². The standard InChI is InChI=1S/C11H16BrNS/c1-2-13-10(7-8-3-4-8)11-9(12)5-6-14-11/h5-6,8,10,13H,2-4,7H2,1H3. The highest BCUT2D eigenvalue weighted by Crippen LogP contribution is 2.40. The van der Waals surface area contributed by atoms with E-state index < -0.39 is 0 Å². The summed E-state index contributed by atoms with van der Waals surface area (Å²) in [5.41, 5.74) is 0. The first-order chi connectivity index (χ1) is 6.81. The van der Waals surface area contributed by atoms with Gasteiger partial charge in [-0.2, -0.15) is 0 Å². The Labute approximate surface area is 98.0 Å².